The first-order valence-electron chi connectivity index (χ1n) is 6.09. The number of amides is 1. The highest BCUT2D eigenvalue weighted by Crippen LogP contribution is 2.24. The second-order valence-electron chi connectivity index (χ2n) is 4.50. The Morgan fingerprint density at radius 2 is 2.18 bits per heavy atom. The summed E-state index contributed by atoms with van der Waals surface area (Å²) in [5.74, 6) is 0.313. The Morgan fingerprint density at radius 1 is 1.53 bits per heavy atom. The van der Waals surface area contributed by atoms with E-state index in [2.05, 4.69) is 32.7 Å². The van der Waals surface area contributed by atoms with Crippen molar-refractivity contribution in [1.82, 2.24) is 5.32 Å². The van der Waals surface area contributed by atoms with Gasteiger partial charge >= 0.3 is 8.56 Å². The summed E-state index contributed by atoms with van der Waals surface area (Å²) in [6.07, 6.45) is 2.27. The largest absolute Gasteiger partial charge is 0.398 e. The molecule has 0 spiro atoms. The van der Waals surface area contributed by atoms with E-state index in [4.69, 9.17) is 8.85 Å². The first-order valence-corrected chi connectivity index (χ1v) is 8.32. The molecule has 0 aliphatic carbocycles. The van der Waals surface area contributed by atoms with Gasteiger partial charge in [0.2, 0.25) is 5.91 Å². The van der Waals surface area contributed by atoms with E-state index in [1.165, 1.54) is 6.08 Å². The van der Waals surface area contributed by atoms with Crippen molar-refractivity contribution in [1.29, 1.82) is 0 Å². The van der Waals surface area contributed by atoms with Gasteiger partial charge < -0.3 is 14.2 Å². The molecule has 100 valence electrons. The minimum absolute atomic E-state index is 0.206. The van der Waals surface area contributed by atoms with Gasteiger partial charge in [-0.3, -0.25) is 4.79 Å². The summed E-state index contributed by atoms with van der Waals surface area (Å²) >= 11 is 0. The van der Waals surface area contributed by atoms with E-state index in [1.807, 2.05) is 0 Å². The molecule has 0 fully saturated rings. The predicted molar refractivity (Wildman–Crippen MR) is 71.8 cm³/mol. The standard InChI is InChI=1S/C12H25NO3Si/c1-6-8-17(15-5,9-11(3)4)16-10-13-12(14)7-2/h7,11H,2,6,8-10H2,1,3-5H3,(H,13,14). The fourth-order valence-electron chi connectivity index (χ4n) is 1.79. The van der Waals surface area contributed by atoms with Crippen LogP contribution in [0.2, 0.25) is 12.1 Å². The Hall–Kier alpha value is -0.653. The van der Waals surface area contributed by atoms with Crippen LogP contribution in [0.3, 0.4) is 0 Å². The molecule has 17 heavy (non-hydrogen) atoms. The van der Waals surface area contributed by atoms with E-state index in [0.29, 0.717) is 5.92 Å². The summed E-state index contributed by atoms with van der Waals surface area (Å²) in [6.45, 7) is 10.0. The lowest BCUT2D eigenvalue weighted by atomic mass is 10.3. The third kappa shape index (κ3) is 6.60. The van der Waals surface area contributed by atoms with Gasteiger partial charge in [-0.25, -0.2) is 0 Å². The maximum atomic E-state index is 11.0. The summed E-state index contributed by atoms with van der Waals surface area (Å²) in [6, 6.07) is 1.90. The lowest BCUT2D eigenvalue weighted by Gasteiger charge is -2.30. The minimum Gasteiger partial charge on any atom is -0.398 e. The quantitative estimate of drug-likeness (QED) is 0.393. The van der Waals surface area contributed by atoms with Crippen LogP contribution in [0.15, 0.2) is 12.7 Å². The molecule has 1 unspecified atom stereocenters. The molecule has 5 heteroatoms. The van der Waals surface area contributed by atoms with Gasteiger partial charge in [0.25, 0.3) is 0 Å². The van der Waals surface area contributed by atoms with Crippen molar-refractivity contribution in [3.8, 4) is 0 Å². The third-order valence-corrected chi connectivity index (χ3v) is 6.60. The molecule has 0 aromatic carbocycles. The molecule has 0 rings (SSSR count). The zero-order chi connectivity index (χ0) is 13.3. The van der Waals surface area contributed by atoms with Gasteiger partial charge in [0.15, 0.2) is 0 Å². The van der Waals surface area contributed by atoms with Crippen molar-refractivity contribution < 1.29 is 13.6 Å². The van der Waals surface area contributed by atoms with Crippen molar-refractivity contribution in [2.24, 2.45) is 5.92 Å². The second-order valence-corrected chi connectivity index (χ2v) is 7.92. The fourth-order valence-corrected chi connectivity index (χ4v) is 5.09. The molecule has 0 aromatic rings. The maximum absolute atomic E-state index is 11.0. The van der Waals surface area contributed by atoms with Gasteiger partial charge in [0, 0.05) is 7.11 Å². The number of carbonyl (C=O) groups excluding carboxylic acids is 1. The zero-order valence-electron chi connectivity index (χ0n) is 11.4. The smallest absolute Gasteiger partial charge is 0.339 e. The highest BCUT2D eigenvalue weighted by molar-refractivity contribution is 6.67. The highest BCUT2D eigenvalue weighted by atomic mass is 28.4. The number of hydrogen-bond acceptors (Lipinski definition) is 3. The van der Waals surface area contributed by atoms with E-state index < -0.39 is 8.56 Å². The Bertz CT molecular complexity index is 246. The van der Waals surface area contributed by atoms with Crippen LogP contribution in [-0.2, 0) is 13.6 Å². The van der Waals surface area contributed by atoms with Gasteiger partial charge in [-0.1, -0.05) is 33.8 Å². The Balaban J connectivity index is 4.35. The minimum atomic E-state index is -2.16. The average molecular weight is 259 g/mol. The molecule has 0 radical (unpaired) electrons. The van der Waals surface area contributed by atoms with Gasteiger partial charge in [-0.05, 0) is 24.1 Å². The first kappa shape index (κ1) is 16.3. The van der Waals surface area contributed by atoms with E-state index in [9.17, 15) is 4.79 Å². The Morgan fingerprint density at radius 3 is 2.59 bits per heavy atom. The topological polar surface area (TPSA) is 47.6 Å². The molecular weight excluding hydrogens is 234 g/mol. The van der Waals surface area contributed by atoms with Crippen LogP contribution >= 0.6 is 0 Å². The molecule has 4 nitrogen and oxygen atoms in total. The Kier molecular flexibility index (Phi) is 8.12. The zero-order valence-corrected chi connectivity index (χ0v) is 12.4. The van der Waals surface area contributed by atoms with Crippen LogP contribution in [0, 0.1) is 5.92 Å². The molecule has 0 saturated heterocycles. The number of hydrogen-bond donors (Lipinski definition) is 1. The molecular formula is C12H25NO3Si. The molecule has 0 bridgehead atoms. The summed E-state index contributed by atoms with van der Waals surface area (Å²) in [4.78, 5) is 11.0. The van der Waals surface area contributed by atoms with Gasteiger partial charge in [-0.15, -0.1) is 0 Å². The van der Waals surface area contributed by atoms with Crippen molar-refractivity contribution in [2.45, 2.75) is 39.3 Å². The van der Waals surface area contributed by atoms with Crippen LogP contribution in [-0.4, -0.2) is 28.3 Å². The molecule has 0 saturated carbocycles. The lowest BCUT2D eigenvalue weighted by molar-refractivity contribution is -0.117. The van der Waals surface area contributed by atoms with E-state index >= 15 is 0 Å². The second kappa shape index (κ2) is 8.44. The molecule has 0 aromatic heterocycles. The molecule has 0 aliphatic heterocycles. The fraction of sp³-hybridized carbons (Fsp3) is 0.750. The molecule has 1 N–H and O–H groups in total. The monoisotopic (exact) mass is 259 g/mol. The lowest BCUT2D eigenvalue weighted by Crippen LogP contribution is -2.45. The van der Waals surface area contributed by atoms with Crippen molar-refractivity contribution in [2.75, 3.05) is 13.8 Å². The maximum Gasteiger partial charge on any atom is 0.339 e. The normalized spacial score (nSPS) is 14.4. The number of nitrogens with one attached hydrogen (secondary N) is 1. The van der Waals surface area contributed by atoms with E-state index in [1.54, 1.807) is 7.11 Å². The molecule has 1 atom stereocenters. The van der Waals surface area contributed by atoms with Crippen LogP contribution in [0.4, 0.5) is 0 Å². The molecule has 0 aliphatic rings. The van der Waals surface area contributed by atoms with Gasteiger partial charge in [0.1, 0.15) is 6.73 Å². The average Bonchev–Trinajstić information content (AvgIpc) is 2.28. The SMILES string of the molecule is C=CC(=O)NCO[Si](CCC)(CC(C)C)OC. The summed E-state index contributed by atoms with van der Waals surface area (Å²) in [5.41, 5.74) is 0. The first-order chi connectivity index (χ1) is 7.99. The van der Waals surface area contributed by atoms with Crippen LogP contribution in [0.25, 0.3) is 0 Å². The van der Waals surface area contributed by atoms with Crippen LogP contribution < -0.4 is 5.32 Å². The van der Waals surface area contributed by atoms with Crippen LogP contribution in [0.1, 0.15) is 27.2 Å². The summed E-state index contributed by atoms with van der Waals surface area (Å²) < 4.78 is 11.5. The van der Waals surface area contributed by atoms with Crippen LogP contribution in [0.5, 0.6) is 0 Å². The molecule has 0 heterocycles. The summed E-state index contributed by atoms with van der Waals surface area (Å²) in [7, 11) is -0.453. The number of rotatable bonds is 9. The highest BCUT2D eigenvalue weighted by Gasteiger charge is 2.36. The van der Waals surface area contributed by atoms with Crippen molar-refractivity contribution >= 4 is 14.5 Å². The summed E-state index contributed by atoms with van der Waals surface area (Å²) in [5, 5.41) is 2.63. The molecule has 1 amide bonds. The van der Waals surface area contributed by atoms with E-state index in [0.717, 1.165) is 18.5 Å². The Labute approximate surface area is 106 Å². The van der Waals surface area contributed by atoms with Gasteiger partial charge in [-0.2, -0.15) is 0 Å². The van der Waals surface area contributed by atoms with Crippen molar-refractivity contribution in [3.63, 3.8) is 0 Å². The number of carbonyl (C=O) groups is 1. The van der Waals surface area contributed by atoms with Crippen molar-refractivity contribution in [3.05, 3.63) is 12.7 Å². The predicted octanol–water partition coefficient (Wildman–Crippen LogP) is 2.42. The van der Waals surface area contributed by atoms with E-state index in [-0.39, 0.29) is 12.6 Å². The third-order valence-electron chi connectivity index (χ3n) is 2.49. The van der Waals surface area contributed by atoms with Gasteiger partial charge in [0.05, 0.1) is 0 Å².